The van der Waals surface area contributed by atoms with E-state index in [4.69, 9.17) is 0 Å². The summed E-state index contributed by atoms with van der Waals surface area (Å²) in [6.07, 6.45) is 0.951. The highest BCUT2D eigenvalue weighted by Gasteiger charge is 2.15. The van der Waals surface area contributed by atoms with E-state index in [1.165, 1.54) is 0 Å². The van der Waals surface area contributed by atoms with E-state index in [-0.39, 0.29) is 17.2 Å². The fourth-order valence-corrected chi connectivity index (χ4v) is 3.27. The molecule has 3 aromatic carbocycles. The van der Waals surface area contributed by atoms with Crippen LogP contribution in [-0.4, -0.2) is 15.3 Å². The SMILES string of the molecule is Cc1ccc(O)c(Cc2ccc(C)c(O)c2Cc2cc(C)ccc2O)c1. The first kappa shape index (κ1) is 17.9. The summed E-state index contributed by atoms with van der Waals surface area (Å²) < 4.78 is 0. The summed E-state index contributed by atoms with van der Waals surface area (Å²) in [7, 11) is 0. The molecule has 3 heteroatoms. The number of benzene rings is 3. The van der Waals surface area contributed by atoms with Gasteiger partial charge in [-0.2, -0.15) is 0 Å². The van der Waals surface area contributed by atoms with Crippen molar-refractivity contribution >= 4 is 0 Å². The van der Waals surface area contributed by atoms with E-state index < -0.39 is 0 Å². The van der Waals surface area contributed by atoms with Gasteiger partial charge in [0.1, 0.15) is 17.2 Å². The molecule has 0 atom stereocenters. The van der Waals surface area contributed by atoms with Crippen LogP contribution in [0.15, 0.2) is 48.5 Å². The maximum absolute atomic E-state index is 10.7. The van der Waals surface area contributed by atoms with Crippen molar-refractivity contribution in [1.29, 1.82) is 0 Å². The van der Waals surface area contributed by atoms with Gasteiger partial charge in [-0.25, -0.2) is 0 Å². The predicted molar refractivity (Wildman–Crippen MR) is 104 cm³/mol. The fraction of sp³-hybridized carbons (Fsp3) is 0.217. The molecule has 0 aliphatic rings. The number of hydrogen-bond acceptors (Lipinski definition) is 3. The van der Waals surface area contributed by atoms with E-state index >= 15 is 0 Å². The van der Waals surface area contributed by atoms with Gasteiger partial charge < -0.3 is 15.3 Å². The lowest BCUT2D eigenvalue weighted by molar-refractivity contribution is 0.458. The molecule has 3 nitrogen and oxygen atoms in total. The van der Waals surface area contributed by atoms with Gasteiger partial charge in [0.15, 0.2) is 0 Å². The second kappa shape index (κ2) is 7.12. The fourth-order valence-electron chi connectivity index (χ4n) is 3.27. The van der Waals surface area contributed by atoms with E-state index in [1.54, 1.807) is 12.1 Å². The molecule has 3 N–H and O–H groups in total. The van der Waals surface area contributed by atoms with Crippen LogP contribution in [0.4, 0.5) is 0 Å². The van der Waals surface area contributed by atoms with Crippen molar-refractivity contribution in [2.24, 2.45) is 0 Å². The van der Waals surface area contributed by atoms with Crippen LogP contribution in [0, 0.1) is 20.8 Å². The molecule has 0 aliphatic carbocycles. The number of aromatic hydroxyl groups is 3. The molecule has 0 unspecified atom stereocenters. The molecule has 0 spiro atoms. The summed E-state index contributed by atoms with van der Waals surface area (Å²) in [5.41, 5.74) is 6.25. The molecule has 0 aromatic heterocycles. The van der Waals surface area contributed by atoms with Crippen LogP contribution in [0.2, 0.25) is 0 Å². The molecule has 3 aromatic rings. The first-order chi connectivity index (χ1) is 12.3. The van der Waals surface area contributed by atoms with Crippen molar-refractivity contribution < 1.29 is 15.3 Å². The smallest absolute Gasteiger partial charge is 0.122 e. The standard InChI is InChI=1S/C23H24O3/c1-14-4-8-21(24)18(10-14)12-17-7-6-16(3)23(26)20(17)13-19-11-15(2)5-9-22(19)25/h4-11,24-26H,12-13H2,1-3H3. The zero-order valence-corrected chi connectivity index (χ0v) is 15.4. The highest BCUT2D eigenvalue weighted by atomic mass is 16.3. The molecular weight excluding hydrogens is 324 g/mol. The summed E-state index contributed by atoms with van der Waals surface area (Å²) in [5.74, 6) is 0.719. The maximum Gasteiger partial charge on any atom is 0.122 e. The Bertz CT molecular complexity index is 958. The number of phenols is 3. The summed E-state index contributed by atoms with van der Waals surface area (Å²) in [6, 6.07) is 14.9. The lowest BCUT2D eigenvalue weighted by Crippen LogP contribution is -2.00. The maximum atomic E-state index is 10.7. The molecule has 0 heterocycles. The van der Waals surface area contributed by atoms with Crippen molar-refractivity contribution in [3.05, 3.63) is 87.5 Å². The van der Waals surface area contributed by atoms with Crippen LogP contribution in [0.1, 0.15) is 38.9 Å². The number of phenolic OH excluding ortho intramolecular Hbond substituents is 3. The summed E-state index contributed by atoms with van der Waals surface area (Å²) >= 11 is 0. The van der Waals surface area contributed by atoms with Crippen molar-refractivity contribution in [1.82, 2.24) is 0 Å². The molecular formula is C23H24O3. The zero-order chi connectivity index (χ0) is 18.8. The van der Waals surface area contributed by atoms with Crippen molar-refractivity contribution in [2.45, 2.75) is 33.6 Å². The second-order valence-electron chi connectivity index (χ2n) is 6.99. The molecule has 134 valence electrons. The van der Waals surface area contributed by atoms with Gasteiger partial charge in [0.05, 0.1) is 0 Å². The van der Waals surface area contributed by atoms with E-state index in [1.807, 2.05) is 57.2 Å². The van der Waals surface area contributed by atoms with Crippen LogP contribution >= 0.6 is 0 Å². The van der Waals surface area contributed by atoms with Crippen molar-refractivity contribution in [3.63, 3.8) is 0 Å². The van der Waals surface area contributed by atoms with Gasteiger partial charge in [0.2, 0.25) is 0 Å². The van der Waals surface area contributed by atoms with Crippen LogP contribution < -0.4 is 0 Å². The lowest BCUT2D eigenvalue weighted by Gasteiger charge is -2.16. The Kier molecular flexibility index (Phi) is 4.90. The summed E-state index contributed by atoms with van der Waals surface area (Å²) in [6.45, 7) is 5.83. The zero-order valence-electron chi connectivity index (χ0n) is 15.4. The molecule has 0 bridgehead atoms. The quantitative estimate of drug-likeness (QED) is 0.628. The van der Waals surface area contributed by atoms with E-state index in [2.05, 4.69) is 0 Å². The highest BCUT2D eigenvalue weighted by molar-refractivity contribution is 5.52. The minimum Gasteiger partial charge on any atom is -0.508 e. The van der Waals surface area contributed by atoms with E-state index in [0.29, 0.717) is 12.8 Å². The number of rotatable bonds is 4. The largest absolute Gasteiger partial charge is 0.508 e. The highest BCUT2D eigenvalue weighted by Crippen LogP contribution is 2.33. The van der Waals surface area contributed by atoms with E-state index in [0.717, 1.165) is 38.9 Å². The summed E-state index contributed by atoms with van der Waals surface area (Å²) in [4.78, 5) is 0. The molecule has 0 radical (unpaired) electrons. The number of aryl methyl sites for hydroxylation is 3. The van der Waals surface area contributed by atoms with Crippen molar-refractivity contribution in [3.8, 4) is 17.2 Å². The average Bonchev–Trinajstić information content (AvgIpc) is 2.60. The van der Waals surface area contributed by atoms with Crippen LogP contribution in [0.25, 0.3) is 0 Å². The monoisotopic (exact) mass is 348 g/mol. The Morgan fingerprint density at radius 2 is 1.15 bits per heavy atom. The Morgan fingerprint density at radius 1 is 0.615 bits per heavy atom. The number of hydrogen-bond donors (Lipinski definition) is 3. The predicted octanol–water partition coefficient (Wildman–Crippen LogP) is 4.91. The molecule has 0 fully saturated rings. The first-order valence-corrected chi connectivity index (χ1v) is 8.72. The topological polar surface area (TPSA) is 60.7 Å². The molecule has 0 amide bonds. The normalized spacial score (nSPS) is 10.9. The first-order valence-electron chi connectivity index (χ1n) is 8.72. The van der Waals surface area contributed by atoms with Crippen LogP contribution in [0.5, 0.6) is 17.2 Å². The third kappa shape index (κ3) is 3.67. The second-order valence-corrected chi connectivity index (χ2v) is 6.99. The molecule has 3 rings (SSSR count). The Labute approximate surface area is 154 Å². The Balaban J connectivity index is 2.05. The Morgan fingerprint density at radius 3 is 1.73 bits per heavy atom. The van der Waals surface area contributed by atoms with Gasteiger partial charge in [-0.15, -0.1) is 0 Å². The van der Waals surface area contributed by atoms with Gasteiger partial charge in [-0.1, -0.05) is 47.5 Å². The molecule has 0 saturated carbocycles. The minimum atomic E-state index is 0.223. The molecule has 0 saturated heterocycles. The van der Waals surface area contributed by atoms with Gasteiger partial charge in [0, 0.05) is 18.4 Å². The van der Waals surface area contributed by atoms with Gasteiger partial charge in [-0.05, 0) is 55.2 Å². The molecule has 26 heavy (non-hydrogen) atoms. The van der Waals surface area contributed by atoms with E-state index in [9.17, 15) is 15.3 Å². The van der Waals surface area contributed by atoms with Crippen LogP contribution in [0.3, 0.4) is 0 Å². The average molecular weight is 348 g/mol. The van der Waals surface area contributed by atoms with Gasteiger partial charge in [-0.3, -0.25) is 0 Å². The minimum absolute atomic E-state index is 0.223. The Hall–Kier alpha value is -2.94. The van der Waals surface area contributed by atoms with Gasteiger partial charge in [0.25, 0.3) is 0 Å². The lowest BCUT2D eigenvalue weighted by atomic mass is 9.91. The third-order valence-corrected chi connectivity index (χ3v) is 4.80. The third-order valence-electron chi connectivity index (χ3n) is 4.80. The molecule has 0 aliphatic heterocycles. The van der Waals surface area contributed by atoms with Crippen LogP contribution in [-0.2, 0) is 12.8 Å². The van der Waals surface area contributed by atoms with Gasteiger partial charge >= 0.3 is 0 Å². The summed E-state index contributed by atoms with van der Waals surface area (Å²) in [5, 5.41) is 31.0. The van der Waals surface area contributed by atoms with Crippen molar-refractivity contribution in [2.75, 3.05) is 0 Å².